The summed E-state index contributed by atoms with van der Waals surface area (Å²) in [6.45, 7) is 6.83. The molecule has 2 rings (SSSR count). The third-order valence-electron chi connectivity index (χ3n) is 3.45. The normalized spacial score (nSPS) is 12.5. The van der Waals surface area contributed by atoms with E-state index in [0.29, 0.717) is 18.2 Å². The van der Waals surface area contributed by atoms with Gasteiger partial charge in [-0.3, -0.25) is 9.36 Å². The smallest absolute Gasteiger partial charge is 0.246 e. The third-order valence-corrected chi connectivity index (χ3v) is 5.36. The highest BCUT2D eigenvalue weighted by atomic mass is 32.2. The summed E-state index contributed by atoms with van der Waals surface area (Å²) < 4.78 is 30.2. The molecule has 0 aliphatic carbocycles. The topological polar surface area (TPSA) is 73.0 Å². The second kappa shape index (κ2) is 6.21. The van der Waals surface area contributed by atoms with Crippen LogP contribution < -0.4 is 0 Å². The maximum Gasteiger partial charge on any atom is 0.246 e. The van der Waals surface area contributed by atoms with Crippen LogP contribution in [0.15, 0.2) is 23.4 Å². The highest BCUT2D eigenvalue weighted by molar-refractivity contribution is 7.89. The summed E-state index contributed by atoms with van der Waals surface area (Å²) in [5.74, 6) is 0.405. The van der Waals surface area contributed by atoms with Crippen molar-refractivity contribution in [3.63, 3.8) is 0 Å². The molecular weight excluding hydrogens is 302 g/mol. The van der Waals surface area contributed by atoms with Crippen LogP contribution in [0.1, 0.15) is 25.2 Å². The van der Waals surface area contributed by atoms with Crippen molar-refractivity contribution >= 4 is 10.0 Å². The molecule has 0 bridgehead atoms. The standard InChI is InChI=1S/C14H23N5O2S/c1-11(2)8-19-10-14(12(3)16-19)22(20,21)17(4)9-13-6-7-15-18(13)5/h6-7,10-11H,8-9H2,1-5H3. The maximum absolute atomic E-state index is 12.7. The van der Waals surface area contributed by atoms with Gasteiger partial charge in [0.25, 0.3) is 0 Å². The first kappa shape index (κ1) is 16.7. The van der Waals surface area contributed by atoms with Crippen LogP contribution in [0, 0.1) is 12.8 Å². The van der Waals surface area contributed by atoms with Gasteiger partial charge in [0.2, 0.25) is 10.0 Å². The summed E-state index contributed by atoms with van der Waals surface area (Å²) in [5, 5.41) is 8.36. The lowest BCUT2D eigenvalue weighted by Gasteiger charge is -2.16. The van der Waals surface area contributed by atoms with Gasteiger partial charge in [0.1, 0.15) is 4.90 Å². The minimum Gasteiger partial charge on any atom is -0.271 e. The van der Waals surface area contributed by atoms with Crippen molar-refractivity contribution in [1.29, 1.82) is 0 Å². The first-order chi connectivity index (χ1) is 10.2. The monoisotopic (exact) mass is 325 g/mol. The Labute approximate surface area is 131 Å². The van der Waals surface area contributed by atoms with Crippen LogP contribution in [0.3, 0.4) is 0 Å². The Morgan fingerprint density at radius 2 is 2.05 bits per heavy atom. The van der Waals surface area contributed by atoms with E-state index in [1.165, 1.54) is 4.31 Å². The number of nitrogens with zero attached hydrogens (tertiary/aromatic N) is 5. The zero-order chi connectivity index (χ0) is 16.5. The average molecular weight is 325 g/mol. The van der Waals surface area contributed by atoms with E-state index in [0.717, 1.165) is 5.69 Å². The van der Waals surface area contributed by atoms with Crippen molar-refractivity contribution in [3.05, 3.63) is 29.8 Å². The molecule has 0 fully saturated rings. The molecule has 7 nitrogen and oxygen atoms in total. The Balaban J connectivity index is 2.26. The summed E-state index contributed by atoms with van der Waals surface area (Å²) in [4.78, 5) is 0.262. The molecule has 0 radical (unpaired) electrons. The molecule has 0 aliphatic rings. The highest BCUT2D eigenvalue weighted by Crippen LogP contribution is 2.20. The van der Waals surface area contributed by atoms with Crippen LogP contribution in [0.25, 0.3) is 0 Å². The summed E-state index contributed by atoms with van der Waals surface area (Å²) in [6.07, 6.45) is 3.27. The molecule has 0 amide bonds. The lowest BCUT2D eigenvalue weighted by molar-refractivity contribution is 0.452. The first-order valence-electron chi connectivity index (χ1n) is 7.19. The fourth-order valence-corrected chi connectivity index (χ4v) is 3.56. The molecule has 0 aliphatic heterocycles. The Morgan fingerprint density at radius 1 is 1.36 bits per heavy atom. The van der Waals surface area contributed by atoms with Crippen LogP contribution in [0.4, 0.5) is 0 Å². The zero-order valence-electron chi connectivity index (χ0n) is 13.7. The molecule has 2 heterocycles. The Kier molecular flexibility index (Phi) is 4.72. The quantitative estimate of drug-likeness (QED) is 0.805. The molecule has 0 saturated heterocycles. The Morgan fingerprint density at radius 3 is 2.59 bits per heavy atom. The molecular formula is C14H23N5O2S. The largest absolute Gasteiger partial charge is 0.271 e. The highest BCUT2D eigenvalue weighted by Gasteiger charge is 2.26. The van der Waals surface area contributed by atoms with Crippen molar-refractivity contribution in [2.45, 2.75) is 38.8 Å². The molecule has 22 heavy (non-hydrogen) atoms. The number of aryl methyl sites for hydroxylation is 2. The van der Waals surface area contributed by atoms with Crippen molar-refractivity contribution in [2.24, 2.45) is 13.0 Å². The van der Waals surface area contributed by atoms with E-state index in [2.05, 4.69) is 24.0 Å². The minimum atomic E-state index is -3.57. The molecule has 8 heteroatoms. The number of rotatable bonds is 6. The van der Waals surface area contributed by atoms with Crippen LogP contribution in [-0.4, -0.2) is 39.3 Å². The van der Waals surface area contributed by atoms with Gasteiger partial charge >= 0.3 is 0 Å². The van der Waals surface area contributed by atoms with E-state index in [4.69, 9.17) is 0 Å². The van der Waals surface area contributed by atoms with Gasteiger partial charge in [-0.05, 0) is 18.9 Å². The van der Waals surface area contributed by atoms with E-state index in [1.54, 1.807) is 48.8 Å². The van der Waals surface area contributed by atoms with E-state index in [9.17, 15) is 8.42 Å². The molecule has 2 aromatic heterocycles. The fraction of sp³-hybridized carbons (Fsp3) is 0.571. The predicted octanol–water partition coefficient (Wildman–Crippen LogP) is 1.40. The Hall–Kier alpha value is -1.67. The van der Waals surface area contributed by atoms with Crippen LogP contribution in [0.2, 0.25) is 0 Å². The second-order valence-corrected chi connectivity index (χ2v) is 7.92. The fourth-order valence-electron chi connectivity index (χ4n) is 2.26. The average Bonchev–Trinajstić information content (AvgIpc) is 2.96. The number of hydrogen-bond acceptors (Lipinski definition) is 4. The second-order valence-electron chi connectivity index (χ2n) is 5.90. The van der Waals surface area contributed by atoms with Crippen LogP contribution in [-0.2, 0) is 30.2 Å². The minimum absolute atomic E-state index is 0.262. The zero-order valence-corrected chi connectivity index (χ0v) is 14.5. The summed E-state index contributed by atoms with van der Waals surface area (Å²) in [6, 6.07) is 1.81. The molecule has 122 valence electrons. The molecule has 0 unspecified atom stereocenters. The SMILES string of the molecule is Cc1nn(CC(C)C)cc1S(=O)(=O)N(C)Cc1ccnn1C. The predicted molar refractivity (Wildman–Crippen MR) is 83.7 cm³/mol. The van der Waals surface area contributed by atoms with E-state index >= 15 is 0 Å². The van der Waals surface area contributed by atoms with Gasteiger partial charge in [0.15, 0.2) is 0 Å². The van der Waals surface area contributed by atoms with Crippen molar-refractivity contribution < 1.29 is 8.42 Å². The summed E-state index contributed by atoms with van der Waals surface area (Å²) in [7, 11) is -0.204. The molecule has 0 saturated carbocycles. The van der Waals surface area contributed by atoms with Gasteiger partial charge in [0.05, 0.1) is 17.9 Å². The van der Waals surface area contributed by atoms with E-state index in [1.807, 2.05) is 0 Å². The molecule has 2 aromatic rings. The van der Waals surface area contributed by atoms with Gasteiger partial charge in [-0.25, -0.2) is 8.42 Å². The Bertz CT molecular complexity index is 745. The van der Waals surface area contributed by atoms with Gasteiger partial charge in [0, 0.05) is 33.0 Å². The molecule has 0 N–H and O–H groups in total. The lowest BCUT2D eigenvalue weighted by Crippen LogP contribution is -2.27. The number of sulfonamides is 1. The molecule has 0 aromatic carbocycles. The summed E-state index contributed by atoms with van der Waals surface area (Å²) in [5.41, 5.74) is 1.36. The van der Waals surface area contributed by atoms with Gasteiger partial charge < -0.3 is 0 Å². The van der Waals surface area contributed by atoms with Gasteiger partial charge in [-0.15, -0.1) is 0 Å². The van der Waals surface area contributed by atoms with Crippen LogP contribution in [0.5, 0.6) is 0 Å². The van der Waals surface area contributed by atoms with Gasteiger partial charge in [-0.2, -0.15) is 14.5 Å². The van der Waals surface area contributed by atoms with Crippen molar-refractivity contribution in [1.82, 2.24) is 23.9 Å². The molecule has 0 spiro atoms. The van der Waals surface area contributed by atoms with Crippen molar-refractivity contribution in [3.8, 4) is 0 Å². The third kappa shape index (κ3) is 3.38. The lowest BCUT2D eigenvalue weighted by atomic mass is 10.2. The number of aromatic nitrogens is 4. The molecule has 0 atom stereocenters. The number of hydrogen-bond donors (Lipinski definition) is 0. The van der Waals surface area contributed by atoms with E-state index < -0.39 is 10.0 Å². The maximum atomic E-state index is 12.7. The summed E-state index contributed by atoms with van der Waals surface area (Å²) >= 11 is 0. The van der Waals surface area contributed by atoms with E-state index in [-0.39, 0.29) is 11.4 Å². The van der Waals surface area contributed by atoms with Gasteiger partial charge in [-0.1, -0.05) is 13.8 Å². The first-order valence-corrected chi connectivity index (χ1v) is 8.63. The van der Waals surface area contributed by atoms with Crippen molar-refractivity contribution in [2.75, 3.05) is 7.05 Å². The van der Waals surface area contributed by atoms with Crippen LogP contribution >= 0.6 is 0 Å².